The zero-order valence-corrected chi connectivity index (χ0v) is 12.7. The van der Waals surface area contributed by atoms with E-state index in [2.05, 4.69) is 17.2 Å². The Morgan fingerprint density at radius 3 is 2.65 bits per heavy atom. The van der Waals surface area contributed by atoms with Gasteiger partial charge in [-0.3, -0.25) is 4.79 Å². The third-order valence-corrected chi connectivity index (χ3v) is 4.49. The molecule has 20 heavy (non-hydrogen) atoms. The van der Waals surface area contributed by atoms with E-state index in [1.165, 1.54) is 19.3 Å². The van der Waals surface area contributed by atoms with Crippen molar-refractivity contribution in [1.82, 2.24) is 9.88 Å². The summed E-state index contributed by atoms with van der Waals surface area (Å²) >= 11 is 0. The summed E-state index contributed by atoms with van der Waals surface area (Å²) in [4.78, 5) is 18.7. The van der Waals surface area contributed by atoms with Gasteiger partial charge in [-0.25, -0.2) is 4.98 Å². The van der Waals surface area contributed by atoms with Crippen molar-refractivity contribution >= 4 is 11.7 Å². The maximum atomic E-state index is 12.5. The van der Waals surface area contributed by atoms with Gasteiger partial charge in [0.25, 0.3) is 5.91 Å². The van der Waals surface area contributed by atoms with Gasteiger partial charge in [0.2, 0.25) is 0 Å². The van der Waals surface area contributed by atoms with Crippen LogP contribution in [-0.2, 0) is 0 Å². The summed E-state index contributed by atoms with van der Waals surface area (Å²) in [6.45, 7) is 2.26. The van der Waals surface area contributed by atoms with Crippen LogP contribution in [-0.4, -0.2) is 35.9 Å². The lowest BCUT2D eigenvalue weighted by Gasteiger charge is -2.34. The minimum atomic E-state index is 0.0297. The second-order valence-corrected chi connectivity index (χ2v) is 5.66. The van der Waals surface area contributed by atoms with E-state index in [4.69, 9.17) is 0 Å². The molecular formula is C16H25N3O. The first-order valence-corrected chi connectivity index (χ1v) is 7.57. The molecule has 110 valence electrons. The maximum absolute atomic E-state index is 12.5. The lowest BCUT2D eigenvalue weighted by atomic mass is 9.84. The van der Waals surface area contributed by atoms with E-state index in [1.807, 2.05) is 31.1 Å². The van der Waals surface area contributed by atoms with Gasteiger partial charge in [0.1, 0.15) is 11.5 Å². The molecule has 1 aliphatic rings. The monoisotopic (exact) mass is 275 g/mol. The first kappa shape index (κ1) is 14.8. The van der Waals surface area contributed by atoms with E-state index in [1.54, 1.807) is 6.07 Å². The average molecular weight is 275 g/mol. The first-order chi connectivity index (χ1) is 9.65. The summed E-state index contributed by atoms with van der Waals surface area (Å²) in [5.74, 6) is 1.61. The molecule has 4 heteroatoms. The van der Waals surface area contributed by atoms with Crippen LogP contribution in [0.1, 0.15) is 49.5 Å². The van der Waals surface area contributed by atoms with E-state index in [9.17, 15) is 4.79 Å². The smallest absolute Gasteiger partial charge is 0.272 e. The summed E-state index contributed by atoms with van der Waals surface area (Å²) in [5.41, 5.74) is 0.525. The number of nitrogens with one attached hydrogen (secondary N) is 1. The lowest BCUT2D eigenvalue weighted by molar-refractivity contribution is 0.0669. The zero-order chi connectivity index (χ0) is 14.5. The van der Waals surface area contributed by atoms with Crippen molar-refractivity contribution in [3.8, 4) is 0 Å². The number of rotatable bonds is 4. The Balaban J connectivity index is 2.01. The standard InChI is InChI=1S/C16H25N3O/c1-4-12-8-10-13(11-9-12)19(3)16(20)14-6-5-7-15(17-2)18-14/h5-7,12-13H,4,8-11H2,1-3H3,(H,17,18). The maximum Gasteiger partial charge on any atom is 0.272 e. The molecule has 1 N–H and O–H groups in total. The molecule has 4 nitrogen and oxygen atoms in total. The van der Waals surface area contributed by atoms with Crippen molar-refractivity contribution in [3.63, 3.8) is 0 Å². The predicted molar refractivity (Wildman–Crippen MR) is 81.9 cm³/mol. The molecule has 1 aromatic heterocycles. The van der Waals surface area contributed by atoms with Crippen LogP contribution in [0.4, 0.5) is 5.82 Å². The number of hydrogen-bond donors (Lipinski definition) is 1. The van der Waals surface area contributed by atoms with Crippen LogP contribution in [0.25, 0.3) is 0 Å². The molecular weight excluding hydrogens is 250 g/mol. The van der Waals surface area contributed by atoms with Gasteiger partial charge in [0, 0.05) is 20.1 Å². The Bertz CT molecular complexity index is 453. The Morgan fingerprint density at radius 1 is 1.35 bits per heavy atom. The molecule has 0 bridgehead atoms. The van der Waals surface area contributed by atoms with Gasteiger partial charge in [0.15, 0.2) is 0 Å². The van der Waals surface area contributed by atoms with Gasteiger partial charge in [0.05, 0.1) is 0 Å². The molecule has 1 aliphatic carbocycles. The lowest BCUT2D eigenvalue weighted by Crippen LogP contribution is -2.39. The minimum absolute atomic E-state index is 0.0297. The van der Waals surface area contributed by atoms with Gasteiger partial charge < -0.3 is 10.2 Å². The number of aromatic nitrogens is 1. The van der Waals surface area contributed by atoms with Gasteiger partial charge in [-0.15, -0.1) is 0 Å². The molecule has 0 saturated heterocycles. The molecule has 0 atom stereocenters. The topological polar surface area (TPSA) is 45.2 Å². The van der Waals surface area contributed by atoms with Crippen molar-refractivity contribution in [2.75, 3.05) is 19.4 Å². The average Bonchev–Trinajstić information content (AvgIpc) is 2.53. The molecule has 1 saturated carbocycles. The highest BCUT2D eigenvalue weighted by Crippen LogP contribution is 2.29. The Hall–Kier alpha value is -1.58. The van der Waals surface area contributed by atoms with E-state index in [0.717, 1.165) is 24.6 Å². The normalized spacial score (nSPS) is 22.4. The van der Waals surface area contributed by atoms with E-state index < -0.39 is 0 Å². The van der Waals surface area contributed by atoms with Crippen molar-refractivity contribution in [1.29, 1.82) is 0 Å². The van der Waals surface area contributed by atoms with Crippen molar-refractivity contribution in [2.24, 2.45) is 5.92 Å². The highest BCUT2D eigenvalue weighted by atomic mass is 16.2. The number of anilines is 1. The molecule has 1 heterocycles. The third-order valence-electron chi connectivity index (χ3n) is 4.49. The molecule has 0 unspecified atom stereocenters. The summed E-state index contributed by atoms with van der Waals surface area (Å²) in [6.07, 6.45) is 5.97. The Morgan fingerprint density at radius 2 is 2.05 bits per heavy atom. The van der Waals surface area contributed by atoms with E-state index in [0.29, 0.717) is 11.7 Å². The number of carbonyl (C=O) groups is 1. The highest BCUT2D eigenvalue weighted by molar-refractivity contribution is 5.92. The van der Waals surface area contributed by atoms with Crippen LogP contribution in [0.2, 0.25) is 0 Å². The van der Waals surface area contributed by atoms with E-state index in [-0.39, 0.29) is 5.91 Å². The summed E-state index contributed by atoms with van der Waals surface area (Å²) < 4.78 is 0. The molecule has 1 fully saturated rings. The number of amides is 1. The van der Waals surface area contributed by atoms with Gasteiger partial charge in [-0.2, -0.15) is 0 Å². The molecule has 0 aromatic carbocycles. The molecule has 0 aliphatic heterocycles. The molecule has 2 rings (SSSR count). The number of pyridine rings is 1. The summed E-state index contributed by atoms with van der Waals surface area (Å²) in [6, 6.07) is 5.89. The molecule has 0 spiro atoms. The number of carbonyl (C=O) groups excluding carboxylic acids is 1. The molecule has 1 aromatic rings. The van der Waals surface area contributed by atoms with Crippen molar-refractivity contribution < 1.29 is 4.79 Å². The first-order valence-electron chi connectivity index (χ1n) is 7.57. The van der Waals surface area contributed by atoms with Crippen LogP contribution in [0.5, 0.6) is 0 Å². The summed E-state index contributed by atoms with van der Waals surface area (Å²) in [5, 5.41) is 2.97. The predicted octanol–water partition coefficient (Wildman–Crippen LogP) is 3.16. The van der Waals surface area contributed by atoms with Gasteiger partial charge >= 0.3 is 0 Å². The van der Waals surface area contributed by atoms with Crippen LogP contribution in [0, 0.1) is 5.92 Å². The molecule has 1 amide bonds. The fourth-order valence-electron chi connectivity index (χ4n) is 2.98. The fourth-order valence-corrected chi connectivity index (χ4v) is 2.98. The Labute approximate surface area is 121 Å². The third kappa shape index (κ3) is 3.30. The van der Waals surface area contributed by atoms with Crippen LogP contribution in [0.3, 0.4) is 0 Å². The zero-order valence-electron chi connectivity index (χ0n) is 12.7. The van der Waals surface area contributed by atoms with Gasteiger partial charge in [-0.1, -0.05) is 19.4 Å². The minimum Gasteiger partial charge on any atom is -0.373 e. The largest absolute Gasteiger partial charge is 0.373 e. The van der Waals surface area contributed by atoms with E-state index >= 15 is 0 Å². The Kier molecular flexibility index (Phi) is 4.99. The second-order valence-electron chi connectivity index (χ2n) is 5.66. The number of hydrogen-bond acceptors (Lipinski definition) is 3. The SMILES string of the molecule is CCC1CCC(N(C)C(=O)c2cccc(NC)n2)CC1. The van der Waals surface area contributed by atoms with Crippen molar-refractivity contribution in [3.05, 3.63) is 23.9 Å². The number of nitrogens with zero attached hydrogens (tertiary/aromatic N) is 2. The van der Waals surface area contributed by atoms with Crippen molar-refractivity contribution in [2.45, 2.75) is 45.1 Å². The molecule has 0 radical (unpaired) electrons. The quantitative estimate of drug-likeness (QED) is 0.918. The van der Waals surface area contributed by atoms with Gasteiger partial charge in [-0.05, 0) is 43.7 Å². The summed E-state index contributed by atoms with van der Waals surface area (Å²) in [7, 11) is 3.72. The van der Waals surface area contributed by atoms with Crippen LogP contribution in [0.15, 0.2) is 18.2 Å². The second kappa shape index (κ2) is 6.73. The van der Waals surface area contributed by atoms with Crippen LogP contribution < -0.4 is 5.32 Å². The highest BCUT2D eigenvalue weighted by Gasteiger charge is 2.26. The fraction of sp³-hybridized carbons (Fsp3) is 0.625. The van der Waals surface area contributed by atoms with Crippen LogP contribution >= 0.6 is 0 Å².